The molecule has 0 aliphatic rings. The maximum absolute atomic E-state index is 10.7. The summed E-state index contributed by atoms with van der Waals surface area (Å²) in [7, 11) is 0. The van der Waals surface area contributed by atoms with Crippen molar-refractivity contribution in [1.82, 2.24) is 0 Å². The van der Waals surface area contributed by atoms with Crippen LogP contribution in [0.3, 0.4) is 0 Å². The van der Waals surface area contributed by atoms with E-state index in [9.17, 15) is 9.90 Å². The van der Waals surface area contributed by atoms with Crippen LogP contribution in [0.15, 0.2) is 12.1 Å². The number of carboxylic acids is 1. The van der Waals surface area contributed by atoms with Crippen molar-refractivity contribution in [3.63, 3.8) is 0 Å². The van der Waals surface area contributed by atoms with Gasteiger partial charge in [-0.15, -0.1) is 0 Å². The van der Waals surface area contributed by atoms with Crippen LogP contribution in [-0.2, 0) is 6.42 Å². The van der Waals surface area contributed by atoms with Crippen LogP contribution in [0.5, 0.6) is 11.5 Å². The second-order valence-electron chi connectivity index (χ2n) is 2.60. The third kappa shape index (κ3) is 1.59. The van der Waals surface area contributed by atoms with Gasteiger partial charge in [-0.2, -0.15) is 5.26 Å². The minimum Gasteiger partial charge on any atom is -0.504 e. The van der Waals surface area contributed by atoms with Crippen LogP contribution in [0, 0.1) is 11.3 Å². The fourth-order valence-corrected chi connectivity index (χ4v) is 1.08. The van der Waals surface area contributed by atoms with Crippen LogP contribution in [-0.4, -0.2) is 21.3 Å². The molecule has 0 fully saturated rings. The molecule has 0 aromatic heterocycles. The molecule has 5 heteroatoms. The number of aromatic carboxylic acids is 1. The molecule has 1 aromatic carbocycles. The topological polar surface area (TPSA) is 102 Å². The monoisotopic (exact) mass is 193 g/mol. The second kappa shape index (κ2) is 3.66. The van der Waals surface area contributed by atoms with E-state index >= 15 is 0 Å². The highest BCUT2D eigenvalue weighted by molar-refractivity contribution is 5.90. The molecular weight excluding hydrogens is 186 g/mol. The summed E-state index contributed by atoms with van der Waals surface area (Å²) in [5.74, 6) is -2.22. The number of hydrogen-bond donors (Lipinski definition) is 3. The summed E-state index contributed by atoms with van der Waals surface area (Å²) in [6.45, 7) is 0. The normalized spacial score (nSPS) is 9.36. The molecule has 0 bridgehead atoms. The van der Waals surface area contributed by atoms with Crippen LogP contribution in [0.2, 0.25) is 0 Å². The van der Waals surface area contributed by atoms with E-state index in [-0.39, 0.29) is 17.5 Å². The summed E-state index contributed by atoms with van der Waals surface area (Å²) in [5.41, 5.74) is -0.248. The molecule has 0 saturated carbocycles. The predicted molar refractivity (Wildman–Crippen MR) is 46.0 cm³/mol. The van der Waals surface area contributed by atoms with Crippen molar-refractivity contribution in [1.29, 1.82) is 5.26 Å². The first-order valence-corrected chi connectivity index (χ1v) is 3.72. The number of carbonyl (C=O) groups is 1. The molecule has 0 atom stereocenters. The molecule has 0 spiro atoms. The van der Waals surface area contributed by atoms with E-state index in [2.05, 4.69) is 0 Å². The summed E-state index contributed by atoms with van der Waals surface area (Å²) >= 11 is 0. The first-order valence-electron chi connectivity index (χ1n) is 3.72. The molecule has 0 amide bonds. The minimum absolute atomic E-state index is 0.0694. The van der Waals surface area contributed by atoms with Crippen molar-refractivity contribution in [3.8, 4) is 17.6 Å². The lowest BCUT2D eigenvalue weighted by molar-refractivity contribution is 0.0695. The van der Waals surface area contributed by atoms with Gasteiger partial charge in [-0.3, -0.25) is 0 Å². The Bertz CT molecular complexity index is 420. The highest BCUT2D eigenvalue weighted by Crippen LogP contribution is 2.31. The number of hydrogen-bond acceptors (Lipinski definition) is 4. The fourth-order valence-electron chi connectivity index (χ4n) is 1.08. The van der Waals surface area contributed by atoms with Gasteiger partial charge >= 0.3 is 5.97 Å². The van der Waals surface area contributed by atoms with Gasteiger partial charge in [-0.1, -0.05) is 0 Å². The molecule has 3 N–H and O–H groups in total. The Morgan fingerprint density at radius 3 is 2.57 bits per heavy atom. The summed E-state index contributed by atoms with van der Waals surface area (Å²) in [5, 5.41) is 35.5. The van der Waals surface area contributed by atoms with Crippen molar-refractivity contribution in [2.75, 3.05) is 0 Å². The van der Waals surface area contributed by atoms with Crippen molar-refractivity contribution in [2.24, 2.45) is 0 Å². The Morgan fingerprint density at radius 2 is 2.07 bits per heavy atom. The van der Waals surface area contributed by atoms with Gasteiger partial charge in [0.2, 0.25) is 0 Å². The molecule has 0 aliphatic heterocycles. The van der Waals surface area contributed by atoms with Crippen molar-refractivity contribution < 1.29 is 20.1 Å². The lowest BCUT2D eigenvalue weighted by atomic mass is 10.0. The van der Waals surface area contributed by atoms with Crippen molar-refractivity contribution in [2.45, 2.75) is 6.42 Å². The van der Waals surface area contributed by atoms with Crippen LogP contribution in [0.25, 0.3) is 0 Å². The molecule has 0 heterocycles. The molecule has 14 heavy (non-hydrogen) atoms. The number of rotatable bonds is 2. The van der Waals surface area contributed by atoms with Gasteiger partial charge in [0.15, 0.2) is 11.5 Å². The Labute approximate surface area is 79.5 Å². The largest absolute Gasteiger partial charge is 0.504 e. The standard InChI is InChI=1S/C9H7NO4/c10-4-3-5-6(9(13)14)1-2-7(11)8(5)12/h1-2,11-12H,3H2,(H,13,14). The number of aromatic hydroxyl groups is 2. The summed E-state index contributed by atoms with van der Waals surface area (Å²) < 4.78 is 0. The van der Waals surface area contributed by atoms with Crippen LogP contribution >= 0.6 is 0 Å². The molecule has 0 aliphatic carbocycles. The van der Waals surface area contributed by atoms with Gasteiger partial charge in [0.25, 0.3) is 0 Å². The van der Waals surface area contributed by atoms with Gasteiger partial charge < -0.3 is 15.3 Å². The molecule has 1 rings (SSSR count). The van der Waals surface area contributed by atoms with E-state index in [4.69, 9.17) is 15.5 Å². The van der Waals surface area contributed by atoms with Gasteiger partial charge in [-0.05, 0) is 12.1 Å². The number of nitriles is 1. The number of benzene rings is 1. The third-order valence-corrected chi connectivity index (χ3v) is 1.75. The molecular formula is C9H7NO4. The number of phenols is 2. The maximum atomic E-state index is 10.7. The van der Waals surface area contributed by atoms with E-state index in [0.717, 1.165) is 12.1 Å². The Kier molecular flexibility index (Phi) is 2.58. The highest BCUT2D eigenvalue weighted by atomic mass is 16.4. The van der Waals surface area contributed by atoms with E-state index in [1.54, 1.807) is 6.07 Å². The lowest BCUT2D eigenvalue weighted by Crippen LogP contribution is -2.02. The van der Waals surface area contributed by atoms with Gasteiger partial charge in [0.05, 0.1) is 18.1 Å². The Morgan fingerprint density at radius 1 is 1.43 bits per heavy atom. The quantitative estimate of drug-likeness (QED) is 0.604. The van der Waals surface area contributed by atoms with Gasteiger partial charge in [0.1, 0.15) is 0 Å². The lowest BCUT2D eigenvalue weighted by Gasteiger charge is -2.06. The molecule has 0 saturated heterocycles. The number of phenolic OH excluding ortho intramolecular Hbond substituents is 2. The van der Waals surface area contributed by atoms with Crippen LogP contribution < -0.4 is 0 Å². The first-order chi connectivity index (χ1) is 6.57. The third-order valence-electron chi connectivity index (χ3n) is 1.75. The smallest absolute Gasteiger partial charge is 0.336 e. The zero-order valence-electron chi connectivity index (χ0n) is 7.06. The van der Waals surface area contributed by atoms with E-state index in [1.807, 2.05) is 0 Å². The molecule has 72 valence electrons. The van der Waals surface area contributed by atoms with E-state index in [0.29, 0.717) is 0 Å². The highest BCUT2D eigenvalue weighted by Gasteiger charge is 2.16. The number of nitrogens with zero attached hydrogens (tertiary/aromatic N) is 1. The number of carboxylic acid groups (broad SMARTS) is 1. The van der Waals surface area contributed by atoms with E-state index in [1.165, 1.54) is 0 Å². The average molecular weight is 193 g/mol. The molecule has 0 unspecified atom stereocenters. The summed E-state index contributed by atoms with van der Waals surface area (Å²) in [6, 6.07) is 3.92. The van der Waals surface area contributed by atoms with Gasteiger partial charge in [0, 0.05) is 5.56 Å². The average Bonchev–Trinajstić information content (AvgIpc) is 2.13. The van der Waals surface area contributed by atoms with Crippen molar-refractivity contribution >= 4 is 5.97 Å². The van der Waals surface area contributed by atoms with E-state index < -0.39 is 17.5 Å². The van der Waals surface area contributed by atoms with Crippen molar-refractivity contribution in [3.05, 3.63) is 23.3 Å². The second-order valence-corrected chi connectivity index (χ2v) is 2.60. The Hall–Kier alpha value is -2.22. The molecule has 5 nitrogen and oxygen atoms in total. The zero-order chi connectivity index (χ0) is 10.7. The van der Waals surface area contributed by atoms with Crippen LogP contribution in [0.1, 0.15) is 15.9 Å². The summed E-state index contributed by atoms with van der Waals surface area (Å²) in [6.07, 6.45) is -0.262. The van der Waals surface area contributed by atoms with Gasteiger partial charge in [-0.25, -0.2) is 4.79 Å². The Balaban J connectivity index is 3.39. The minimum atomic E-state index is -1.24. The first kappa shape index (κ1) is 9.86. The maximum Gasteiger partial charge on any atom is 0.336 e. The molecule has 0 radical (unpaired) electrons. The predicted octanol–water partition coefficient (Wildman–Crippen LogP) is 0.862. The SMILES string of the molecule is N#CCc1c(C(=O)O)ccc(O)c1O. The fraction of sp³-hybridized carbons (Fsp3) is 0.111. The zero-order valence-corrected chi connectivity index (χ0v) is 7.06. The van der Waals surface area contributed by atoms with Crippen LogP contribution in [0.4, 0.5) is 0 Å². The summed E-state index contributed by atoms with van der Waals surface area (Å²) in [4.78, 5) is 10.7. The molecule has 1 aromatic rings.